The van der Waals surface area contributed by atoms with E-state index in [2.05, 4.69) is 11.8 Å². The highest BCUT2D eigenvalue weighted by Gasteiger charge is 2.12. The summed E-state index contributed by atoms with van der Waals surface area (Å²) in [6.07, 6.45) is -0.0693. The summed E-state index contributed by atoms with van der Waals surface area (Å²) < 4.78 is 15.9. The molecule has 5 nitrogen and oxygen atoms in total. The minimum Gasteiger partial charge on any atom is -0.493 e. The van der Waals surface area contributed by atoms with Crippen LogP contribution in [-0.4, -0.2) is 32.4 Å². The molecule has 0 bridgehead atoms. The molecule has 0 fully saturated rings. The number of hydrogen-bond donors (Lipinski definition) is 1. The molecule has 0 aliphatic rings. The highest BCUT2D eigenvalue weighted by molar-refractivity contribution is 5.71. The van der Waals surface area contributed by atoms with E-state index >= 15 is 0 Å². The first-order chi connectivity index (χ1) is 11.6. The first kappa shape index (κ1) is 17.2. The maximum atomic E-state index is 10.9. The molecule has 0 heterocycles. The van der Waals surface area contributed by atoms with Crippen LogP contribution >= 0.6 is 0 Å². The standard InChI is InChI=1S/C19H18O5/c1-22-16-10-13(11-17(23-2)19(16)24-3)8-9-14-6-4-5-7-15(14)12-18(20)21/h4-7,10-11H,12H2,1-3H3,(H,20,21). The number of aliphatic carboxylic acids is 1. The van der Waals surface area contributed by atoms with E-state index in [0.29, 0.717) is 33.9 Å². The third kappa shape index (κ3) is 3.99. The molecule has 0 atom stereocenters. The van der Waals surface area contributed by atoms with Gasteiger partial charge in [0, 0.05) is 11.1 Å². The van der Waals surface area contributed by atoms with Gasteiger partial charge in [-0.15, -0.1) is 0 Å². The zero-order chi connectivity index (χ0) is 17.5. The van der Waals surface area contributed by atoms with Crippen LogP contribution < -0.4 is 14.2 Å². The van der Waals surface area contributed by atoms with E-state index in [0.717, 1.165) is 0 Å². The molecule has 0 amide bonds. The molecule has 0 aliphatic heterocycles. The van der Waals surface area contributed by atoms with E-state index in [-0.39, 0.29) is 6.42 Å². The van der Waals surface area contributed by atoms with Crippen molar-refractivity contribution in [1.29, 1.82) is 0 Å². The number of hydrogen-bond acceptors (Lipinski definition) is 4. The summed E-state index contributed by atoms with van der Waals surface area (Å²) in [6.45, 7) is 0. The molecule has 0 aliphatic carbocycles. The van der Waals surface area contributed by atoms with E-state index in [4.69, 9.17) is 19.3 Å². The van der Waals surface area contributed by atoms with Crippen molar-refractivity contribution in [2.45, 2.75) is 6.42 Å². The van der Waals surface area contributed by atoms with Gasteiger partial charge in [-0.05, 0) is 23.8 Å². The summed E-state index contributed by atoms with van der Waals surface area (Å²) in [4.78, 5) is 10.9. The average molecular weight is 326 g/mol. The number of carbonyl (C=O) groups is 1. The van der Waals surface area contributed by atoms with Crippen LogP contribution in [0, 0.1) is 11.8 Å². The summed E-state index contributed by atoms with van der Waals surface area (Å²) in [6, 6.07) is 10.7. The van der Waals surface area contributed by atoms with Crippen molar-refractivity contribution in [3.63, 3.8) is 0 Å². The molecule has 2 aromatic rings. The van der Waals surface area contributed by atoms with Gasteiger partial charge < -0.3 is 19.3 Å². The summed E-state index contributed by atoms with van der Waals surface area (Å²) in [5.74, 6) is 6.66. The molecular formula is C19H18O5. The fourth-order valence-corrected chi connectivity index (χ4v) is 2.25. The Labute approximate surface area is 140 Å². The second-order valence-corrected chi connectivity index (χ2v) is 4.89. The molecule has 0 saturated carbocycles. The van der Waals surface area contributed by atoms with Gasteiger partial charge in [0.25, 0.3) is 0 Å². The summed E-state index contributed by atoms with van der Waals surface area (Å²) in [5.41, 5.74) is 2.02. The first-order valence-electron chi connectivity index (χ1n) is 7.20. The lowest BCUT2D eigenvalue weighted by atomic mass is 10.0. The lowest BCUT2D eigenvalue weighted by Gasteiger charge is -2.12. The Morgan fingerprint density at radius 1 is 1.00 bits per heavy atom. The third-order valence-electron chi connectivity index (χ3n) is 3.37. The van der Waals surface area contributed by atoms with Crippen molar-refractivity contribution in [1.82, 2.24) is 0 Å². The van der Waals surface area contributed by atoms with Gasteiger partial charge in [-0.1, -0.05) is 30.0 Å². The van der Waals surface area contributed by atoms with Crippen molar-refractivity contribution in [2.24, 2.45) is 0 Å². The smallest absolute Gasteiger partial charge is 0.307 e. The van der Waals surface area contributed by atoms with Crippen molar-refractivity contribution in [3.05, 3.63) is 53.1 Å². The number of ether oxygens (including phenoxy) is 3. The van der Waals surface area contributed by atoms with Crippen LogP contribution in [0.5, 0.6) is 17.2 Å². The number of rotatable bonds is 5. The molecule has 2 aromatic carbocycles. The number of benzene rings is 2. The summed E-state index contributed by atoms with van der Waals surface area (Å²) in [7, 11) is 4.61. The van der Waals surface area contributed by atoms with Crippen molar-refractivity contribution in [3.8, 4) is 29.1 Å². The largest absolute Gasteiger partial charge is 0.493 e. The zero-order valence-corrected chi connectivity index (χ0v) is 13.8. The Balaban J connectivity index is 2.43. The van der Waals surface area contributed by atoms with Crippen LogP contribution in [0.15, 0.2) is 36.4 Å². The summed E-state index contributed by atoms with van der Waals surface area (Å²) in [5, 5.41) is 8.98. The van der Waals surface area contributed by atoms with Gasteiger partial charge in [0.2, 0.25) is 5.75 Å². The van der Waals surface area contributed by atoms with Crippen molar-refractivity contribution in [2.75, 3.05) is 21.3 Å². The van der Waals surface area contributed by atoms with Crippen LogP contribution in [0.3, 0.4) is 0 Å². The van der Waals surface area contributed by atoms with Gasteiger partial charge in [0.1, 0.15) is 0 Å². The fraction of sp³-hybridized carbons (Fsp3) is 0.211. The Morgan fingerprint density at radius 2 is 1.62 bits per heavy atom. The predicted molar refractivity (Wildman–Crippen MR) is 89.9 cm³/mol. The highest BCUT2D eigenvalue weighted by Crippen LogP contribution is 2.37. The quantitative estimate of drug-likeness (QED) is 0.856. The minimum atomic E-state index is -0.892. The van der Waals surface area contributed by atoms with Gasteiger partial charge in [-0.3, -0.25) is 4.79 Å². The molecule has 1 N–H and O–H groups in total. The lowest BCUT2D eigenvalue weighted by molar-refractivity contribution is -0.136. The van der Waals surface area contributed by atoms with Crippen LogP contribution in [0.25, 0.3) is 0 Å². The molecule has 0 unspecified atom stereocenters. The van der Waals surface area contributed by atoms with Crippen LogP contribution in [0.4, 0.5) is 0 Å². The predicted octanol–water partition coefficient (Wildman–Crippen LogP) is 2.74. The van der Waals surface area contributed by atoms with E-state index in [1.54, 1.807) is 30.3 Å². The number of carboxylic acid groups (broad SMARTS) is 1. The van der Waals surface area contributed by atoms with Gasteiger partial charge >= 0.3 is 5.97 Å². The molecule has 124 valence electrons. The Bertz CT molecular complexity index is 774. The molecule has 0 radical (unpaired) electrons. The first-order valence-corrected chi connectivity index (χ1v) is 7.20. The maximum absolute atomic E-state index is 10.9. The van der Waals surface area contributed by atoms with Crippen LogP contribution in [0.2, 0.25) is 0 Å². The zero-order valence-electron chi connectivity index (χ0n) is 13.8. The normalized spacial score (nSPS) is 9.62. The van der Waals surface area contributed by atoms with E-state index in [1.807, 2.05) is 6.07 Å². The maximum Gasteiger partial charge on any atom is 0.307 e. The molecule has 0 saturated heterocycles. The second kappa shape index (κ2) is 7.93. The average Bonchev–Trinajstić information content (AvgIpc) is 2.59. The second-order valence-electron chi connectivity index (χ2n) is 4.89. The highest BCUT2D eigenvalue weighted by atomic mass is 16.5. The number of methoxy groups -OCH3 is 3. The van der Waals surface area contributed by atoms with E-state index in [9.17, 15) is 4.79 Å². The summed E-state index contributed by atoms with van der Waals surface area (Å²) >= 11 is 0. The van der Waals surface area contributed by atoms with Crippen LogP contribution in [-0.2, 0) is 11.2 Å². The Hall–Kier alpha value is -3.13. The van der Waals surface area contributed by atoms with Crippen LogP contribution in [0.1, 0.15) is 16.7 Å². The van der Waals surface area contributed by atoms with Gasteiger partial charge in [0.15, 0.2) is 11.5 Å². The van der Waals surface area contributed by atoms with Gasteiger partial charge in [-0.25, -0.2) is 0 Å². The third-order valence-corrected chi connectivity index (χ3v) is 3.37. The molecule has 2 rings (SSSR count). The molecular weight excluding hydrogens is 308 g/mol. The van der Waals surface area contributed by atoms with Gasteiger partial charge in [0.05, 0.1) is 27.8 Å². The molecule has 24 heavy (non-hydrogen) atoms. The fourth-order valence-electron chi connectivity index (χ4n) is 2.25. The molecule has 0 spiro atoms. The molecule has 5 heteroatoms. The van der Waals surface area contributed by atoms with Crippen molar-refractivity contribution < 1.29 is 24.1 Å². The number of carboxylic acids is 1. The van der Waals surface area contributed by atoms with E-state index in [1.165, 1.54) is 21.3 Å². The Kier molecular flexibility index (Phi) is 5.69. The monoisotopic (exact) mass is 326 g/mol. The van der Waals surface area contributed by atoms with Gasteiger partial charge in [-0.2, -0.15) is 0 Å². The Morgan fingerprint density at radius 3 is 2.17 bits per heavy atom. The minimum absolute atomic E-state index is 0.0693. The molecule has 0 aromatic heterocycles. The van der Waals surface area contributed by atoms with Crippen molar-refractivity contribution >= 4 is 5.97 Å². The van der Waals surface area contributed by atoms with E-state index < -0.39 is 5.97 Å². The SMILES string of the molecule is COc1cc(C#Cc2ccccc2CC(=O)O)cc(OC)c1OC. The topological polar surface area (TPSA) is 65.0 Å². The lowest BCUT2D eigenvalue weighted by Crippen LogP contribution is -2.01.